The third kappa shape index (κ3) is 4.76. The third-order valence-electron chi connectivity index (χ3n) is 3.04. The molecule has 0 saturated heterocycles. The predicted molar refractivity (Wildman–Crippen MR) is 90.5 cm³/mol. The average Bonchev–Trinajstić information content (AvgIpc) is 2.47. The molecule has 0 heterocycles. The summed E-state index contributed by atoms with van der Waals surface area (Å²) in [6.07, 6.45) is 3.34. The monoisotopic (exact) mass is 344 g/mol. The predicted octanol–water partition coefficient (Wildman–Crippen LogP) is 3.70. The number of anilines is 1. The third-order valence-corrected chi connectivity index (χ3v) is 3.57. The Labute approximate surface area is 133 Å². The van der Waals surface area contributed by atoms with Crippen molar-refractivity contribution < 1.29 is 4.79 Å². The molecule has 0 aromatic heterocycles. The van der Waals surface area contributed by atoms with Crippen LogP contribution in [-0.2, 0) is 11.3 Å². The van der Waals surface area contributed by atoms with Gasteiger partial charge in [-0.2, -0.15) is 0 Å². The molecule has 0 bridgehead atoms. The highest BCUT2D eigenvalue weighted by atomic mass is 79.9. The van der Waals surface area contributed by atoms with E-state index in [2.05, 4.69) is 15.9 Å². The highest BCUT2D eigenvalue weighted by Crippen LogP contribution is 2.12. The van der Waals surface area contributed by atoms with Crippen LogP contribution in [-0.4, -0.2) is 17.9 Å². The molecule has 2 rings (SSSR count). The lowest BCUT2D eigenvalue weighted by molar-refractivity contribution is -0.125. The molecule has 0 aliphatic rings. The van der Waals surface area contributed by atoms with E-state index in [4.69, 9.17) is 5.73 Å². The number of hydrogen-bond donors (Lipinski definition) is 1. The summed E-state index contributed by atoms with van der Waals surface area (Å²) in [5, 5.41) is 0. The van der Waals surface area contributed by atoms with Gasteiger partial charge in [0.25, 0.3) is 0 Å². The fraction of sp³-hybridized carbons (Fsp3) is 0.118. The van der Waals surface area contributed by atoms with E-state index in [1.54, 1.807) is 24.1 Å². The Morgan fingerprint density at radius 2 is 1.95 bits per heavy atom. The van der Waals surface area contributed by atoms with E-state index in [1.165, 1.54) is 0 Å². The number of amides is 1. The molecule has 1 amide bonds. The second kappa shape index (κ2) is 7.09. The van der Waals surface area contributed by atoms with E-state index in [0.717, 1.165) is 15.6 Å². The first-order valence-electron chi connectivity index (χ1n) is 6.58. The number of rotatable bonds is 4. The summed E-state index contributed by atoms with van der Waals surface area (Å²) in [6, 6.07) is 15.4. The molecule has 2 aromatic rings. The molecule has 0 atom stereocenters. The van der Waals surface area contributed by atoms with Gasteiger partial charge in [0.05, 0.1) is 0 Å². The Bertz CT molecular complexity index is 650. The Hall–Kier alpha value is -2.07. The zero-order valence-corrected chi connectivity index (χ0v) is 13.4. The van der Waals surface area contributed by atoms with Gasteiger partial charge in [0.1, 0.15) is 0 Å². The fourth-order valence-corrected chi connectivity index (χ4v) is 2.16. The van der Waals surface area contributed by atoms with Crippen molar-refractivity contribution in [3.05, 3.63) is 70.2 Å². The summed E-state index contributed by atoms with van der Waals surface area (Å²) >= 11 is 3.40. The molecule has 0 radical (unpaired) electrons. The largest absolute Gasteiger partial charge is 0.399 e. The normalized spacial score (nSPS) is 10.8. The zero-order chi connectivity index (χ0) is 15.2. The van der Waals surface area contributed by atoms with Crippen LogP contribution in [0.3, 0.4) is 0 Å². The highest BCUT2D eigenvalue weighted by molar-refractivity contribution is 9.10. The van der Waals surface area contributed by atoms with Gasteiger partial charge in [-0.3, -0.25) is 4.79 Å². The molecule has 3 nitrogen and oxygen atoms in total. The van der Waals surface area contributed by atoms with Crippen LogP contribution in [0.4, 0.5) is 5.69 Å². The van der Waals surface area contributed by atoms with Crippen LogP contribution < -0.4 is 5.73 Å². The number of nitrogens with zero attached hydrogens (tertiary/aromatic N) is 1. The van der Waals surface area contributed by atoms with Gasteiger partial charge in [-0.25, -0.2) is 0 Å². The van der Waals surface area contributed by atoms with Gasteiger partial charge in [0, 0.05) is 29.8 Å². The number of benzene rings is 2. The highest BCUT2D eigenvalue weighted by Gasteiger charge is 2.05. The quantitative estimate of drug-likeness (QED) is 0.678. The first-order valence-corrected chi connectivity index (χ1v) is 7.37. The first-order chi connectivity index (χ1) is 10.0. The fourth-order valence-electron chi connectivity index (χ4n) is 1.90. The summed E-state index contributed by atoms with van der Waals surface area (Å²) in [5.74, 6) is -0.0413. The maximum atomic E-state index is 12.1. The maximum Gasteiger partial charge on any atom is 0.246 e. The average molecular weight is 345 g/mol. The smallest absolute Gasteiger partial charge is 0.246 e. The number of likely N-dealkylation sites (N-methyl/N-ethyl adjacent to an activating group) is 1. The number of carbonyl (C=O) groups excluding carboxylic acids is 1. The van der Waals surface area contributed by atoms with Gasteiger partial charge in [-0.15, -0.1) is 0 Å². The van der Waals surface area contributed by atoms with Crippen LogP contribution in [0.1, 0.15) is 11.1 Å². The van der Waals surface area contributed by atoms with Crippen LogP contribution in [0.2, 0.25) is 0 Å². The minimum Gasteiger partial charge on any atom is -0.399 e. The Morgan fingerprint density at radius 1 is 1.24 bits per heavy atom. The molecule has 0 saturated carbocycles. The van der Waals surface area contributed by atoms with Crippen molar-refractivity contribution in [2.24, 2.45) is 0 Å². The molecular formula is C17H17BrN2O. The van der Waals surface area contributed by atoms with E-state index in [1.807, 2.05) is 48.5 Å². The number of nitrogen functional groups attached to an aromatic ring is 1. The lowest BCUT2D eigenvalue weighted by Gasteiger charge is -2.15. The van der Waals surface area contributed by atoms with Crippen molar-refractivity contribution in [2.45, 2.75) is 6.54 Å². The maximum absolute atomic E-state index is 12.1. The molecular weight excluding hydrogens is 328 g/mol. The minimum atomic E-state index is -0.0413. The van der Waals surface area contributed by atoms with Crippen LogP contribution >= 0.6 is 15.9 Å². The molecule has 0 aliphatic carbocycles. The number of nitrogens with two attached hydrogens (primary N) is 1. The summed E-state index contributed by atoms with van der Waals surface area (Å²) < 4.78 is 1.03. The lowest BCUT2D eigenvalue weighted by atomic mass is 10.2. The second-order valence-corrected chi connectivity index (χ2v) is 5.74. The molecule has 4 heteroatoms. The molecule has 2 aromatic carbocycles. The van der Waals surface area contributed by atoms with Gasteiger partial charge in [0.2, 0.25) is 5.91 Å². The second-order valence-electron chi connectivity index (χ2n) is 4.82. The van der Waals surface area contributed by atoms with Gasteiger partial charge in [-0.05, 0) is 41.5 Å². The van der Waals surface area contributed by atoms with Crippen molar-refractivity contribution >= 4 is 33.6 Å². The van der Waals surface area contributed by atoms with Crippen molar-refractivity contribution in [3.8, 4) is 0 Å². The summed E-state index contributed by atoms with van der Waals surface area (Å²) in [6.45, 7) is 0.577. The van der Waals surface area contributed by atoms with Crippen molar-refractivity contribution in [3.63, 3.8) is 0 Å². The van der Waals surface area contributed by atoms with E-state index in [-0.39, 0.29) is 5.91 Å². The van der Waals surface area contributed by atoms with Crippen LogP contribution in [0.5, 0.6) is 0 Å². The van der Waals surface area contributed by atoms with E-state index < -0.39 is 0 Å². The Balaban J connectivity index is 1.97. The minimum absolute atomic E-state index is 0.0413. The van der Waals surface area contributed by atoms with Gasteiger partial charge in [0.15, 0.2) is 0 Å². The lowest BCUT2D eigenvalue weighted by Crippen LogP contribution is -2.24. The molecule has 0 fully saturated rings. The number of carbonyl (C=O) groups is 1. The van der Waals surface area contributed by atoms with Crippen molar-refractivity contribution in [1.82, 2.24) is 4.90 Å². The van der Waals surface area contributed by atoms with Crippen molar-refractivity contribution in [2.75, 3.05) is 12.8 Å². The first kappa shape index (κ1) is 15.3. The summed E-state index contributed by atoms with van der Waals surface area (Å²) in [7, 11) is 1.79. The van der Waals surface area contributed by atoms with Crippen LogP contribution in [0, 0.1) is 0 Å². The van der Waals surface area contributed by atoms with E-state index >= 15 is 0 Å². The molecule has 21 heavy (non-hydrogen) atoms. The Morgan fingerprint density at radius 3 is 2.62 bits per heavy atom. The van der Waals surface area contributed by atoms with Crippen molar-refractivity contribution in [1.29, 1.82) is 0 Å². The summed E-state index contributed by atoms with van der Waals surface area (Å²) in [5.41, 5.74) is 8.40. The summed E-state index contributed by atoms with van der Waals surface area (Å²) in [4.78, 5) is 13.7. The van der Waals surface area contributed by atoms with Crippen LogP contribution in [0.15, 0.2) is 59.1 Å². The molecule has 108 valence electrons. The number of halogens is 1. The number of hydrogen-bond acceptors (Lipinski definition) is 2. The molecule has 0 aliphatic heterocycles. The van der Waals surface area contributed by atoms with Gasteiger partial charge >= 0.3 is 0 Å². The standard InChI is InChI=1S/C17H17BrN2O/c1-20(12-14-5-8-15(18)9-6-14)17(21)10-7-13-3-2-4-16(19)11-13/h2-11H,12,19H2,1H3/b10-7+. The van der Waals surface area contributed by atoms with E-state index in [0.29, 0.717) is 12.2 Å². The Kier molecular flexibility index (Phi) is 5.17. The van der Waals surface area contributed by atoms with Gasteiger partial charge in [-0.1, -0.05) is 40.2 Å². The molecule has 0 spiro atoms. The van der Waals surface area contributed by atoms with E-state index in [9.17, 15) is 4.79 Å². The molecule has 0 unspecified atom stereocenters. The zero-order valence-electron chi connectivity index (χ0n) is 11.8. The van der Waals surface area contributed by atoms with Crippen LogP contribution in [0.25, 0.3) is 6.08 Å². The topological polar surface area (TPSA) is 46.3 Å². The molecule has 2 N–H and O–H groups in total. The van der Waals surface area contributed by atoms with Gasteiger partial charge < -0.3 is 10.6 Å². The SMILES string of the molecule is CN(Cc1ccc(Br)cc1)C(=O)/C=C/c1cccc(N)c1.